The lowest BCUT2D eigenvalue weighted by molar-refractivity contribution is -0.122. The summed E-state index contributed by atoms with van der Waals surface area (Å²) in [6, 6.07) is 10.2. The number of nitrogens with two attached hydrogens (primary N) is 1. The molecule has 0 heterocycles. The number of rotatable bonds is 6. The summed E-state index contributed by atoms with van der Waals surface area (Å²) in [5.41, 5.74) is 6.74. The molecule has 3 unspecified atom stereocenters. The van der Waals surface area contributed by atoms with E-state index in [1.807, 2.05) is 30.3 Å². The van der Waals surface area contributed by atoms with E-state index in [0.29, 0.717) is 18.5 Å². The Morgan fingerprint density at radius 2 is 2.17 bits per heavy atom. The highest BCUT2D eigenvalue weighted by atomic mass is 16.2. The van der Waals surface area contributed by atoms with Crippen molar-refractivity contribution >= 4 is 5.91 Å². The van der Waals surface area contributed by atoms with Gasteiger partial charge in [-0.05, 0) is 24.3 Å². The van der Waals surface area contributed by atoms with Crippen LogP contribution in [-0.2, 0) is 4.79 Å². The molecular formula is C15H22N2O. The average Bonchev–Trinajstić information content (AvgIpc) is 3.10. The molecular weight excluding hydrogens is 224 g/mol. The predicted octanol–water partition coefficient (Wildman–Crippen LogP) is 2.03. The molecule has 3 N–H and O–H groups in total. The highest BCUT2D eigenvalue weighted by Crippen LogP contribution is 2.35. The Morgan fingerprint density at radius 1 is 1.44 bits per heavy atom. The van der Waals surface area contributed by atoms with Crippen LogP contribution in [0.5, 0.6) is 0 Å². The van der Waals surface area contributed by atoms with Crippen LogP contribution >= 0.6 is 0 Å². The van der Waals surface area contributed by atoms with Gasteiger partial charge in [0.15, 0.2) is 0 Å². The lowest BCUT2D eigenvalue weighted by Crippen LogP contribution is -2.35. The third kappa shape index (κ3) is 3.10. The first-order valence-corrected chi connectivity index (χ1v) is 6.81. The van der Waals surface area contributed by atoms with Crippen molar-refractivity contribution in [1.29, 1.82) is 0 Å². The fourth-order valence-electron chi connectivity index (χ4n) is 2.48. The van der Waals surface area contributed by atoms with Crippen LogP contribution in [0.15, 0.2) is 30.3 Å². The average molecular weight is 246 g/mol. The van der Waals surface area contributed by atoms with E-state index >= 15 is 0 Å². The van der Waals surface area contributed by atoms with Crippen LogP contribution in [0.4, 0.5) is 0 Å². The Morgan fingerprint density at radius 3 is 2.78 bits per heavy atom. The zero-order chi connectivity index (χ0) is 13.0. The Balaban J connectivity index is 1.91. The molecule has 1 fully saturated rings. The topological polar surface area (TPSA) is 55.1 Å². The highest BCUT2D eigenvalue weighted by Gasteiger charge is 2.38. The van der Waals surface area contributed by atoms with Gasteiger partial charge in [0.25, 0.3) is 0 Å². The summed E-state index contributed by atoms with van der Waals surface area (Å²) in [6.45, 7) is 2.55. The Bertz CT molecular complexity index is 391. The quantitative estimate of drug-likeness (QED) is 0.807. The zero-order valence-corrected chi connectivity index (χ0v) is 10.9. The second-order valence-corrected chi connectivity index (χ2v) is 5.10. The number of nitrogens with one attached hydrogen (secondary N) is 1. The van der Waals surface area contributed by atoms with E-state index < -0.39 is 0 Å². The fourth-order valence-corrected chi connectivity index (χ4v) is 2.48. The molecule has 0 radical (unpaired) electrons. The van der Waals surface area contributed by atoms with Gasteiger partial charge in [-0.15, -0.1) is 0 Å². The number of carbonyl (C=O) groups is 1. The summed E-state index contributed by atoms with van der Waals surface area (Å²) in [5.74, 6) is 0.550. The van der Waals surface area contributed by atoms with Crippen LogP contribution in [0.3, 0.4) is 0 Å². The van der Waals surface area contributed by atoms with Crippen molar-refractivity contribution in [2.75, 3.05) is 6.54 Å². The molecule has 1 amide bonds. The maximum absolute atomic E-state index is 12.2. The lowest BCUT2D eigenvalue weighted by Gasteiger charge is -2.15. The first-order valence-electron chi connectivity index (χ1n) is 6.81. The largest absolute Gasteiger partial charge is 0.353 e. The fraction of sp³-hybridized carbons (Fsp3) is 0.533. The van der Waals surface area contributed by atoms with E-state index in [1.54, 1.807) is 0 Å². The number of hydrogen-bond donors (Lipinski definition) is 2. The Labute approximate surface area is 109 Å². The molecule has 0 aliphatic heterocycles. The monoisotopic (exact) mass is 246 g/mol. The van der Waals surface area contributed by atoms with Gasteiger partial charge in [0.05, 0.1) is 5.92 Å². The third-order valence-electron chi connectivity index (χ3n) is 3.66. The van der Waals surface area contributed by atoms with Gasteiger partial charge in [-0.2, -0.15) is 0 Å². The third-order valence-corrected chi connectivity index (χ3v) is 3.66. The number of hydrogen-bond acceptors (Lipinski definition) is 2. The second kappa shape index (κ2) is 6.01. The molecule has 3 heteroatoms. The summed E-state index contributed by atoms with van der Waals surface area (Å²) in [7, 11) is 0. The van der Waals surface area contributed by atoms with Crippen LogP contribution in [0.1, 0.15) is 37.7 Å². The molecule has 0 saturated heterocycles. The van der Waals surface area contributed by atoms with Gasteiger partial charge < -0.3 is 11.1 Å². The first kappa shape index (κ1) is 13.1. The van der Waals surface area contributed by atoms with E-state index in [9.17, 15) is 4.79 Å². The summed E-state index contributed by atoms with van der Waals surface area (Å²) < 4.78 is 0. The van der Waals surface area contributed by atoms with E-state index in [2.05, 4.69) is 12.2 Å². The van der Waals surface area contributed by atoms with E-state index in [-0.39, 0.29) is 11.8 Å². The molecule has 18 heavy (non-hydrogen) atoms. The van der Waals surface area contributed by atoms with Crippen LogP contribution in [-0.4, -0.2) is 18.5 Å². The van der Waals surface area contributed by atoms with Crippen molar-refractivity contribution in [1.82, 2.24) is 5.32 Å². The minimum absolute atomic E-state index is 0.0762. The normalized spacial score (nSPS) is 23.4. The minimum Gasteiger partial charge on any atom is -0.353 e. The second-order valence-electron chi connectivity index (χ2n) is 5.10. The molecule has 1 aromatic carbocycles. The zero-order valence-electron chi connectivity index (χ0n) is 10.9. The molecule has 0 bridgehead atoms. The molecule has 1 aliphatic carbocycles. The maximum Gasteiger partial charge on any atom is 0.229 e. The number of benzene rings is 1. The van der Waals surface area contributed by atoms with Gasteiger partial charge in [-0.3, -0.25) is 4.79 Å². The molecule has 1 saturated carbocycles. The highest BCUT2D eigenvalue weighted by molar-refractivity contribution is 5.84. The van der Waals surface area contributed by atoms with Crippen LogP contribution in [0.2, 0.25) is 0 Å². The van der Waals surface area contributed by atoms with Gasteiger partial charge in [-0.1, -0.05) is 43.7 Å². The number of carbonyl (C=O) groups excluding carboxylic acids is 1. The van der Waals surface area contributed by atoms with Crippen molar-refractivity contribution in [3.8, 4) is 0 Å². The van der Waals surface area contributed by atoms with Gasteiger partial charge in [-0.25, -0.2) is 0 Å². The summed E-state index contributed by atoms with van der Waals surface area (Å²) in [6.07, 6.45) is 3.53. The summed E-state index contributed by atoms with van der Waals surface area (Å²) >= 11 is 0. The van der Waals surface area contributed by atoms with Gasteiger partial charge >= 0.3 is 0 Å². The standard InChI is InChI=1S/C15H22N2O/c1-2-6-12-9-14(12)17-15(18)13(10-16)11-7-4-3-5-8-11/h3-5,7-8,12-14H,2,6,9-10,16H2,1H3,(H,17,18). The molecule has 3 atom stereocenters. The molecule has 3 nitrogen and oxygen atoms in total. The maximum atomic E-state index is 12.2. The van der Waals surface area contributed by atoms with Crippen LogP contribution in [0.25, 0.3) is 0 Å². The molecule has 1 aromatic rings. The van der Waals surface area contributed by atoms with Crippen molar-refractivity contribution in [3.05, 3.63) is 35.9 Å². The SMILES string of the molecule is CCCC1CC1NC(=O)C(CN)c1ccccc1. The van der Waals surface area contributed by atoms with Gasteiger partial charge in [0.2, 0.25) is 5.91 Å². The van der Waals surface area contributed by atoms with Crippen LogP contribution < -0.4 is 11.1 Å². The van der Waals surface area contributed by atoms with Crippen LogP contribution in [0, 0.1) is 5.92 Å². The first-order chi connectivity index (χ1) is 8.76. The predicted molar refractivity (Wildman–Crippen MR) is 73.2 cm³/mol. The molecule has 0 aromatic heterocycles. The number of amides is 1. The van der Waals surface area contributed by atoms with Crippen molar-refractivity contribution in [2.45, 2.75) is 38.1 Å². The molecule has 98 valence electrons. The Hall–Kier alpha value is -1.35. The summed E-state index contributed by atoms with van der Waals surface area (Å²) in [5, 5.41) is 3.12. The molecule has 0 spiro atoms. The summed E-state index contributed by atoms with van der Waals surface area (Å²) in [4.78, 5) is 12.2. The van der Waals surface area contributed by atoms with Gasteiger partial charge in [0.1, 0.15) is 0 Å². The van der Waals surface area contributed by atoms with E-state index in [4.69, 9.17) is 5.73 Å². The molecule has 2 rings (SSSR count). The van der Waals surface area contributed by atoms with E-state index in [0.717, 1.165) is 12.0 Å². The van der Waals surface area contributed by atoms with E-state index in [1.165, 1.54) is 12.8 Å². The minimum atomic E-state index is -0.214. The molecule has 1 aliphatic rings. The van der Waals surface area contributed by atoms with Crippen molar-refractivity contribution in [3.63, 3.8) is 0 Å². The van der Waals surface area contributed by atoms with Crippen molar-refractivity contribution in [2.24, 2.45) is 11.7 Å². The lowest BCUT2D eigenvalue weighted by atomic mass is 9.98. The van der Waals surface area contributed by atoms with Crippen molar-refractivity contribution < 1.29 is 4.79 Å². The smallest absolute Gasteiger partial charge is 0.229 e. The van der Waals surface area contributed by atoms with Gasteiger partial charge in [0, 0.05) is 12.6 Å². The Kier molecular flexibility index (Phi) is 4.37.